The van der Waals surface area contributed by atoms with Crippen molar-refractivity contribution in [3.05, 3.63) is 23.5 Å². The molecule has 0 aromatic carbocycles. The van der Waals surface area contributed by atoms with Crippen LogP contribution in [-0.4, -0.2) is 74.5 Å². The number of nitrogens with zero attached hydrogens (tertiary/aromatic N) is 7. The Kier molecular flexibility index (Phi) is 5.12. The van der Waals surface area contributed by atoms with Crippen molar-refractivity contribution in [2.24, 2.45) is 0 Å². The van der Waals surface area contributed by atoms with Gasteiger partial charge < -0.3 is 10.2 Å². The first-order valence-corrected chi connectivity index (χ1v) is 11.8. The molecule has 0 radical (unpaired) electrons. The largest absolute Gasteiger partial charge is 0.352 e. The summed E-state index contributed by atoms with van der Waals surface area (Å²) in [5, 5.41) is 13.8. The lowest BCUT2D eigenvalue weighted by molar-refractivity contribution is -0.0354. The summed E-state index contributed by atoms with van der Waals surface area (Å²) in [6.45, 7) is 12.5. The fourth-order valence-electron chi connectivity index (χ4n) is 5.51. The molecule has 2 aromatic rings. The van der Waals surface area contributed by atoms with Crippen molar-refractivity contribution in [3.63, 3.8) is 0 Å². The summed E-state index contributed by atoms with van der Waals surface area (Å²) in [5.74, 6) is 1.55. The number of aryl methyl sites for hydroxylation is 2. The molecule has 9 heteroatoms. The standard InChI is InChI=1S/C22H30N8S/c1-16-12-24-20(25-18-11-17(2)27-31-18)26-19(16)28-14-22(15-28,6-7-23)30-10-9-29-8-4-5-21(29,3)13-30/h11-12H,4-6,8-10,13-15H2,1-3H3,(H,24,25,26)/t21-/m1/s1. The summed E-state index contributed by atoms with van der Waals surface area (Å²) in [6, 6.07) is 4.48. The van der Waals surface area contributed by atoms with Gasteiger partial charge in [-0.25, -0.2) is 4.98 Å². The molecular formula is C22H30N8S. The van der Waals surface area contributed by atoms with Gasteiger partial charge in [0.25, 0.3) is 0 Å². The van der Waals surface area contributed by atoms with Gasteiger partial charge in [-0.05, 0) is 57.8 Å². The van der Waals surface area contributed by atoms with Crippen LogP contribution in [0.25, 0.3) is 0 Å². The van der Waals surface area contributed by atoms with E-state index >= 15 is 0 Å². The van der Waals surface area contributed by atoms with E-state index in [9.17, 15) is 5.26 Å². The topological polar surface area (TPSA) is 84.2 Å². The number of nitriles is 1. The van der Waals surface area contributed by atoms with Gasteiger partial charge in [-0.3, -0.25) is 9.80 Å². The van der Waals surface area contributed by atoms with Gasteiger partial charge in [0.1, 0.15) is 10.8 Å². The predicted octanol–water partition coefficient (Wildman–Crippen LogP) is 2.94. The predicted molar refractivity (Wildman–Crippen MR) is 123 cm³/mol. The number of piperazine rings is 1. The van der Waals surface area contributed by atoms with E-state index in [1.54, 1.807) is 0 Å². The summed E-state index contributed by atoms with van der Waals surface area (Å²) >= 11 is 1.41. The first-order chi connectivity index (χ1) is 14.9. The van der Waals surface area contributed by atoms with Crippen LogP contribution in [0.5, 0.6) is 0 Å². The third-order valence-corrected chi connectivity index (χ3v) is 8.03. The summed E-state index contributed by atoms with van der Waals surface area (Å²) in [6.07, 6.45) is 4.99. The van der Waals surface area contributed by atoms with Crippen LogP contribution in [-0.2, 0) is 0 Å². The molecule has 5 rings (SSSR count). The lowest BCUT2D eigenvalue weighted by Gasteiger charge is -2.59. The maximum absolute atomic E-state index is 9.62. The number of aromatic nitrogens is 3. The van der Waals surface area contributed by atoms with E-state index in [0.717, 1.165) is 54.8 Å². The van der Waals surface area contributed by atoms with E-state index in [-0.39, 0.29) is 11.1 Å². The van der Waals surface area contributed by atoms with Crippen molar-refractivity contribution < 1.29 is 0 Å². The van der Waals surface area contributed by atoms with Crippen molar-refractivity contribution >= 4 is 28.3 Å². The molecule has 31 heavy (non-hydrogen) atoms. The van der Waals surface area contributed by atoms with Crippen LogP contribution in [0.3, 0.4) is 0 Å². The van der Waals surface area contributed by atoms with Crippen LogP contribution in [0, 0.1) is 25.2 Å². The van der Waals surface area contributed by atoms with Gasteiger partial charge in [0, 0.05) is 50.0 Å². The Labute approximate surface area is 188 Å². The SMILES string of the molecule is Cc1cc(Nc2ncc(C)c(N3CC(CC#N)(N4CCN5CCC[C@]5(C)C4)C3)n2)sn1. The van der Waals surface area contributed by atoms with Gasteiger partial charge in [0.15, 0.2) is 0 Å². The molecule has 2 aromatic heterocycles. The molecule has 0 spiro atoms. The van der Waals surface area contributed by atoms with Crippen LogP contribution in [0.1, 0.15) is 37.4 Å². The molecule has 1 N–H and O–H groups in total. The van der Waals surface area contributed by atoms with E-state index in [1.807, 2.05) is 19.2 Å². The second-order valence-corrected chi connectivity index (χ2v) is 10.4. The molecule has 3 fully saturated rings. The van der Waals surface area contributed by atoms with Gasteiger partial charge >= 0.3 is 0 Å². The minimum atomic E-state index is -0.0772. The molecule has 8 nitrogen and oxygen atoms in total. The number of rotatable bonds is 5. The molecule has 164 valence electrons. The highest BCUT2D eigenvalue weighted by atomic mass is 32.1. The zero-order valence-corrected chi connectivity index (χ0v) is 19.4. The summed E-state index contributed by atoms with van der Waals surface area (Å²) in [7, 11) is 0. The van der Waals surface area contributed by atoms with Crippen LogP contribution in [0.15, 0.2) is 12.3 Å². The maximum atomic E-state index is 9.62. The summed E-state index contributed by atoms with van der Waals surface area (Å²) in [4.78, 5) is 16.8. The highest BCUT2D eigenvalue weighted by molar-refractivity contribution is 7.10. The molecule has 3 saturated heterocycles. The zero-order chi connectivity index (χ0) is 21.6. The van der Waals surface area contributed by atoms with Crippen molar-refractivity contribution in [1.29, 1.82) is 5.26 Å². The van der Waals surface area contributed by atoms with E-state index in [1.165, 1.54) is 30.9 Å². The molecule has 0 unspecified atom stereocenters. The monoisotopic (exact) mass is 438 g/mol. The summed E-state index contributed by atoms with van der Waals surface area (Å²) in [5.41, 5.74) is 2.23. The Morgan fingerprint density at radius 2 is 2.00 bits per heavy atom. The van der Waals surface area contributed by atoms with Crippen molar-refractivity contribution in [1.82, 2.24) is 24.1 Å². The number of nitrogens with one attached hydrogen (secondary N) is 1. The van der Waals surface area contributed by atoms with Gasteiger partial charge in [-0.1, -0.05) is 0 Å². The van der Waals surface area contributed by atoms with E-state index in [4.69, 9.17) is 4.98 Å². The normalized spacial score (nSPS) is 25.7. The Hall–Kier alpha value is -2.28. The van der Waals surface area contributed by atoms with Gasteiger partial charge in [0.2, 0.25) is 5.95 Å². The van der Waals surface area contributed by atoms with Crippen LogP contribution >= 0.6 is 11.5 Å². The number of fused-ring (bicyclic) bond motifs is 1. The highest BCUT2D eigenvalue weighted by Gasteiger charge is 2.53. The minimum Gasteiger partial charge on any atom is -0.352 e. The second kappa shape index (κ2) is 7.69. The van der Waals surface area contributed by atoms with Gasteiger partial charge in [-0.15, -0.1) is 0 Å². The van der Waals surface area contributed by atoms with Gasteiger partial charge in [-0.2, -0.15) is 14.6 Å². The first kappa shape index (κ1) is 20.6. The maximum Gasteiger partial charge on any atom is 0.229 e. The average molecular weight is 439 g/mol. The third-order valence-electron chi connectivity index (χ3n) is 7.23. The lowest BCUT2D eigenvalue weighted by Crippen LogP contribution is -2.75. The molecule has 0 bridgehead atoms. The van der Waals surface area contributed by atoms with E-state index in [2.05, 4.69) is 49.3 Å². The third kappa shape index (κ3) is 3.67. The smallest absolute Gasteiger partial charge is 0.229 e. The van der Waals surface area contributed by atoms with Crippen molar-refractivity contribution in [2.45, 2.75) is 51.1 Å². The molecule has 5 heterocycles. The fraction of sp³-hybridized carbons (Fsp3) is 0.636. The van der Waals surface area contributed by atoms with Crippen molar-refractivity contribution in [2.75, 3.05) is 49.5 Å². The summed E-state index contributed by atoms with van der Waals surface area (Å²) < 4.78 is 4.31. The van der Waals surface area contributed by atoms with E-state index < -0.39 is 0 Å². The molecule has 0 aliphatic carbocycles. The quantitative estimate of drug-likeness (QED) is 0.763. The Morgan fingerprint density at radius 1 is 1.19 bits per heavy atom. The number of hydrogen-bond donors (Lipinski definition) is 1. The van der Waals surface area contributed by atoms with Gasteiger partial charge in [0.05, 0.1) is 23.7 Å². The molecule has 0 saturated carbocycles. The highest BCUT2D eigenvalue weighted by Crippen LogP contribution is 2.41. The number of anilines is 3. The molecule has 3 aliphatic rings. The van der Waals surface area contributed by atoms with E-state index in [0.29, 0.717) is 12.4 Å². The Balaban J connectivity index is 1.33. The van der Waals surface area contributed by atoms with Crippen LogP contribution in [0.4, 0.5) is 16.8 Å². The first-order valence-electron chi connectivity index (χ1n) is 11.1. The molecule has 1 atom stereocenters. The number of hydrogen-bond acceptors (Lipinski definition) is 9. The zero-order valence-electron chi connectivity index (χ0n) is 18.6. The van der Waals surface area contributed by atoms with Crippen molar-refractivity contribution in [3.8, 4) is 6.07 Å². The minimum absolute atomic E-state index is 0.0772. The molecule has 3 aliphatic heterocycles. The lowest BCUT2D eigenvalue weighted by atomic mass is 9.81. The Bertz CT molecular complexity index is 1010. The van der Waals surface area contributed by atoms with Crippen LogP contribution in [0.2, 0.25) is 0 Å². The molecular weight excluding hydrogens is 408 g/mol. The Morgan fingerprint density at radius 3 is 2.74 bits per heavy atom. The van der Waals surface area contributed by atoms with Crippen LogP contribution < -0.4 is 10.2 Å². The average Bonchev–Trinajstić information content (AvgIpc) is 3.30. The molecule has 0 amide bonds. The second-order valence-electron chi connectivity index (χ2n) is 9.58. The fourth-order valence-corrected chi connectivity index (χ4v) is 6.16.